The lowest BCUT2D eigenvalue weighted by atomic mass is 10.1. The number of amides is 1. The Morgan fingerprint density at radius 1 is 1.17 bits per heavy atom. The maximum absolute atomic E-state index is 12.9. The first-order valence-corrected chi connectivity index (χ1v) is 10.5. The number of terminal acetylenes is 1. The van der Waals surface area contributed by atoms with Crippen molar-refractivity contribution in [1.82, 2.24) is 4.90 Å². The number of methoxy groups -OCH3 is 1. The fraction of sp³-hybridized carbons (Fsp3) is 0.217. The van der Waals surface area contributed by atoms with Gasteiger partial charge in [-0.2, -0.15) is 0 Å². The highest BCUT2D eigenvalue weighted by atomic mass is 32.2. The molecule has 7 heteroatoms. The van der Waals surface area contributed by atoms with Gasteiger partial charge in [0.2, 0.25) is 0 Å². The van der Waals surface area contributed by atoms with E-state index >= 15 is 0 Å². The number of thiocarbonyl (C=S) groups is 1. The third-order valence-corrected chi connectivity index (χ3v) is 5.63. The molecule has 0 aliphatic carbocycles. The van der Waals surface area contributed by atoms with Gasteiger partial charge < -0.3 is 14.2 Å². The fourth-order valence-electron chi connectivity index (χ4n) is 2.82. The first-order valence-electron chi connectivity index (χ1n) is 9.27. The van der Waals surface area contributed by atoms with E-state index < -0.39 is 0 Å². The lowest BCUT2D eigenvalue weighted by Gasteiger charge is -2.14. The summed E-state index contributed by atoms with van der Waals surface area (Å²) in [5, 5.41) is 0. The van der Waals surface area contributed by atoms with Crippen LogP contribution in [0.2, 0.25) is 0 Å². The third-order valence-electron chi connectivity index (χ3n) is 4.25. The second kappa shape index (κ2) is 10.2. The van der Waals surface area contributed by atoms with Gasteiger partial charge in [-0.1, -0.05) is 48.1 Å². The maximum atomic E-state index is 12.9. The predicted octanol–water partition coefficient (Wildman–Crippen LogP) is 4.51. The fourth-order valence-corrected chi connectivity index (χ4v) is 4.08. The summed E-state index contributed by atoms with van der Waals surface area (Å²) in [7, 11) is 1.62. The molecule has 30 heavy (non-hydrogen) atoms. The zero-order valence-corrected chi connectivity index (χ0v) is 18.3. The zero-order valence-electron chi connectivity index (χ0n) is 16.7. The lowest BCUT2D eigenvalue weighted by Crippen LogP contribution is -2.27. The van der Waals surface area contributed by atoms with Crippen LogP contribution in [-0.2, 0) is 11.3 Å². The Kier molecular flexibility index (Phi) is 7.39. The Morgan fingerprint density at radius 2 is 1.93 bits per heavy atom. The molecule has 0 radical (unpaired) electrons. The molecule has 1 heterocycles. The average molecular weight is 440 g/mol. The number of carbonyl (C=O) groups excluding carboxylic acids is 1. The predicted molar refractivity (Wildman–Crippen MR) is 124 cm³/mol. The van der Waals surface area contributed by atoms with E-state index in [1.165, 1.54) is 11.8 Å². The molecular formula is C23H21NO4S2. The molecule has 0 spiro atoms. The highest BCUT2D eigenvalue weighted by molar-refractivity contribution is 8.26. The normalized spacial score (nSPS) is 14.7. The van der Waals surface area contributed by atoms with Crippen molar-refractivity contribution in [2.24, 2.45) is 0 Å². The summed E-state index contributed by atoms with van der Waals surface area (Å²) in [4.78, 5) is 15.1. The number of ether oxygens (including phenoxy) is 3. The van der Waals surface area contributed by atoms with Gasteiger partial charge in [-0.25, -0.2) is 0 Å². The van der Waals surface area contributed by atoms with Gasteiger partial charge in [0.05, 0.1) is 25.2 Å². The number of hydrogen-bond donors (Lipinski definition) is 0. The molecule has 2 aromatic carbocycles. The molecule has 1 aliphatic heterocycles. The van der Waals surface area contributed by atoms with Crippen molar-refractivity contribution in [3.8, 4) is 29.6 Å². The Hall–Kier alpha value is -2.95. The van der Waals surface area contributed by atoms with Crippen molar-refractivity contribution >= 4 is 40.3 Å². The van der Waals surface area contributed by atoms with Crippen molar-refractivity contribution in [2.45, 2.75) is 13.5 Å². The first kappa shape index (κ1) is 21.8. The monoisotopic (exact) mass is 439 g/mol. The highest BCUT2D eigenvalue weighted by Gasteiger charge is 2.32. The van der Waals surface area contributed by atoms with E-state index in [-0.39, 0.29) is 12.5 Å². The smallest absolute Gasteiger partial charge is 0.266 e. The molecule has 1 saturated heterocycles. The van der Waals surface area contributed by atoms with E-state index in [1.807, 2.05) is 43.3 Å². The van der Waals surface area contributed by atoms with Crippen LogP contribution < -0.4 is 14.2 Å². The molecular weight excluding hydrogens is 418 g/mol. The summed E-state index contributed by atoms with van der Waals surface area (Å²) in [6.07, 6.45) is 7.07. The van der Waals surface area contributed by atoms with E-state index in [1.54, 1.807) is 24.2 Å². The van der Waals surface area contributed by atoms with Crippen molar-refractivity contribution in [3.63, 3.8) is 0 Å². The van der Waals surface area contributed by atoms with E-state index in [9.17, 15) is 4.79 Å². The Balaban J connectivity index is 1.78. The van der Waals surface area contributed by atoms with Crippen LogP contribution in [0.15, 0.2) is 47.4 Å². The number of hydrogen-bond acceptors (Lipinski definition) is 6. The van der Waals surface area contributed by atoms with Gasteiger partial charge in [-0.3, -0.25) is 9.69 Å². The lowest BCUT2D eigenvalue weighted by molar-refractivity contribution is -0.122. The molecule has 0 unspecified atom stereocenters. The summed E-state index contributed by atoms with van der Waals surface area (Å²) in [6, 6.07) is 13.0. The Labute approximate surface area is 186 Å². The molecule has 154 valence electrons. The zero-order chi connectivity index (χ0) is 21.5. The van der Waals surface area contributed by atoms with Crippen LogP contribution in [0.1, 0.15) is 18.1 Å². The third kappa shape index (κ3) is 5.15. The summed E-state index contributed by atoms with van der Waals surface area (Å²) >= 11 is 6.72. The van der Waals surface area contributed by atoms with Gasteiger partial charge in [0, 0.05) is 0 Å². The van der Waals surface area contributed by atoms with Crippen LogP contribution in [0.5, 0.6) is 17.2 Å². The molecule has 0 saturated carbocycles. The van der Waals surface area contributed by atoms with E-state index in [0.29, 0.717) is 33.9 Å². The summed E-state index contributed by atoms with van der Waals surface area (Å²) in [5.41, 5.74) is 1.79. The Bertz CT molecular complexity index is 1010. The van der Waals surface area contributed by atoms with E-state index in [0.717, 1.165) is 16.9 Å². The van der Waals surface area contributed by atoms with Gasteiger partial charge in [0.15, 0.2) is 11.5 Å². The molecule has 5 nitrogen and oxygen atoms in total. The van der Waals surface area contributed by atoms with Crippen LogP contribution in [-0.4, -0.2) is 35.5 Å². The number of carbonyl (C=O) groups is 1. The molecule has 0 aromatic heterocycles. The summed E-state index contributed by atoms with van der Waals surface area (Å²) in [5.74, 6) is 4.23. The molecule has 0 atom stereocenters. The van der Waals surface area contributed by atoms with E-state index in [4.69, 9.17) is 32.9 Å². The minimum Gasteiger partial charge on any atom is -0.497 e. The van der Waals surface area contributed by atoms with Crippen LogP contribution in [0, 0.1) is 12.3 Å². The molecule has 2 aromatic rings. The largest absolute Gasteiger partial charge is 0.497 e. The van der Waals surface area contributed by atoms with Crippen molar-refractivity contribution < 1.29 is 19.0 Å². The van der Waals surface area contributed by atoms with Gasteiger partial charge in [0.25, 0.3) is 5.91 Å². The topological polar surface area (TPSA) is 48.0 Å². The summed E-state index contributed by atoms with van der Waals surface area (Å²) in [6.45, 7) is 2.94. The number of rotatable bonds is 8. The minimum atomic E-state index is -0.119. The van der Waals surface area contributed by atoms with Crippen LogP contribution >= 0.6 is 24.0 Å². The molecule has 0 N–H and O–H groups in total. The Morgan fingerprint density at radius 3 is 2.60 bits per heavy atom. The van der Waals surface area contributed by atoms with Crippen LogP contribution in [0.4, 0.5) is 0 Å². The number of nitrogens with zero attached hydrogens (tertiary/aromatic N) is 1. The summed E-state index contributed by atoms with van der Waals surface area (Å²) < 4.78 is 16.9. The molecule has 1 amide bonds. The second-order valence-electron chi connectivity index (χ2n) is 6.25. The maximum Gasteiger partial charge on any atom is 0.266 e. The molecule has 0 bridgehead atoms. The van der Waals surface area contributed by atoms with Crippen molar-refractivity contribution in [3.05, 3.63) is 58.5 Å². The SMILES string of the molecule is C#CCOc1ccc(C=C2SC(=S)N(Cc3ccc(OC)cc3)C2=O)cc1OCC. The van der Waals surface area contributed by atoms with Crippen molar-refractivity contribution in [1.29, 1.82) is 0 Å². The average Bonchev–Trinajstić information content (AvgIpc) is 3.01. The molecule has 1 aliphatic rings. The van der Waals surface area contributed by atoms with Crippen molar-refractivity contribution in [2.75, 3.05) is 20.3 Å². The second-order valence-corrected chi connectivity index (χ2v) is 7.92. The van der Waals surface area contributed by atoms with Gasteiger partial charge in [-0.15, -0.1) is 6.42 Å². The molecule has 3 rings (SSSR count). The number of thioether (sulfide) groups is 1. The molecule has 1 fully saturated rings. The van der Waals surface area contributed by atoms with Gasteiger partial charge in [0.1, 0.15) is 16.7 Å². The quantitative estimate of drug-likeness (QED) is 0.343. The number of benzene rings is 2. The van der Waals surface area contributed by atoms with Gasteiger partial charge in [-0.05, 0) is 48.4 Å². The minimum absolute atomic E-state index is 0.119. The first-order chi connectivity index (χ1) is 14.5. The van der Waals surface area contributed by atoms with E-state index in [2.05, 4.69) is 5.92 Å². The van der Waals surface area contributed by atoms with Crippen LogP contribution in [0.25, 0.3) is 6.08 Å². The van der Waals surface area contributed by atoms with Gasteiger partial charge >= 0.3 is 0 Å². The van der Waals surface area contributed by atoms with Crippen LogP contribution in [0.3, 0.4) is 0 Å². The highest BCUT2D eigenvalue weighted by Crippen LogP contribution is 2.35. The standard InChI is InChI=1S/C23H21NO4S2/c1-4-12-28-19-11-8-17(13-20(19)27-5-2)14-21-22(25)24(23(29)30-21)15-16-6-9-18(26-3)10-7-16/h1,6-11,13-14H,5,12,15H2,2-3H3.